The van der Waals surface area contributed by atoms with Crippen LogP contribution in [0.3, 0.4) is 0 Å². The molecule has 1 rings (SSSR count). The van der Waals surface area contributed by atoms with Gasteiger partial charge in [0, 0.05) is 25.3 Å². The molecule has 6 heteroatoms. The van der Waals surface area contributed by atoms with Gasteiger partial charge in [0.05, 0.1) is 6.04 Å². The van der Waals surface area contributed by atoms with E-state index in [1.54, 1.807) is 12.1 Å². The van der Waals surface area contributed by atoms with Crippen LogP contribution in [0.2, 0.25) is 0 Å². The zero-order valence-electron chi connectivity index (χ0n) is 11.9. The number of rotatable bonds is 7. The van der Waals surface area contributed by atoms with E-state index in [1.807, 2.05) is 6.92 Å². The minimum Gasteiger partial charge on any atom is -0.366 e. The molecule has 1 aromatic rings. The number of hydrogen-bond donors (Lipinski definition) is 2. The molecule has 3 N–H and O–H groups in total. The molecule has 1 aromatic carbocycles. The van der Waals surface area contributed by atoms with Crippen molar-refractivity contribution in [1.82, 2.24) is 5.32 Å². The Kier molecular flexibility index (Phi) is 6.14. The maximum Gasteiger partial charge on any atom is 0.251 e. The van der Waals surface area contributed by atoms with Crippen LogP contribution in [-0.2, 0) is 9.47 Å². The lowest BCUT2D eigenvalue weighted by molar-refractivity contribution is -0.121. The first-order valence-electron chi connectivity index (χ1n) is 6.29. The van der Waals surface area contributed by atoms with Crippen molar-refractivity contribution < 1.29 is 19.1 Å². The quantitative estimate of drug-likeness (QED) is 0.726. The summed E-state index contributed by atoms with van der Waals surface area (Å²) >= 11 is 0. The van der Waals surface area contributed by atoms with E-state index in [-0.39, 0.29) is 11.9 Å². The summed E-state index contributed by atoms with van der Waals surface area (Å²) < 4.78 is 10.3. The Morgan fingerprint density at radius 3 is 2.05 bits per heavy atom. The normalized spacial score (nSPS) is 12.2. The highest BCUT2D eigenvalue weighted by atomic mass is 16.7. The summed E-state index contributed by atoms with van der Waals surface area (Å²) in [6.45, 7) is 1.92. The van der Waals surface area contributed by atoms with Crippen LogP contribution < -0.4 is 11.1 Å². The number of ether oxygens (including phenoxy) is 2. The largest absolute Gasteiger partial charge is 0.366 e. The Morgan fingerprint density at radius 1 is 1.15 bits per heavy atom. The molecule has 1 unspecified atom stereocenters. The molecular formula is C14H20N2O4. The van der Waals surface area contributed by atoms with Gasteiger partial charge in [-0.2, -0.15) is 0 Å². The van der Waals surface area contributed by atoms with Crippen LogP contribution in [0, 0.1) is 0 Å². The van der Waals surface area contributed by atoms with E-state index in [4.69, 9.17) is 15.2 Å². The second-order valence-corrected chi connectivity index (χ2v) is 4.27. The molecule has 20 heavy (non-hydrogen) atoms. The second kappa shape index (κ2) is 7.62. The Hall–Kier alpha value is -1.92. The van der Waals surface area contributed by atoms with Crippen LogP contribution in [0.5, 0.6) is 0 Å². The van der Waals surface area contributed by atoms with Crippen LogP contribution in [0.25, 0.3) is 0 Å². The van der Waals surface area contributed by atoms with E-state index < -0.39 is 12.2 Å². The van der Waals surface area contributed by atoms with Gasteiger partial charge in [-0.3, -0.25) is 9.59 Å². The summed E-state index contributed by atoms with van der Waals surface area (Å²) in [6.07, 6.45) is 0.158. The molecule has 0 saturated carbocycles. The third-order valence-electron chi connectivity index (χ3n) is 2.98. The summed E-state index contributed by atoms with van der Waals surface area (Å²) in [7, 11) is 3.04. The van der Waals surface area contributed by atoms with Gasteiger partial charge in [-0.15, -0.1) is 0 Å². The van der Waals surface area contributed by atoms with Crippen molar-refractivity contribution in [3.63, 3.8) is 0 Å². The van der Waals surface area contributed by atoms with Gasteiger partial charge in [0.25, 0.3) is 5.91 Å². The van der Waals surface area contributed by atoms with Gasteiger partial charge in [-0.05, 0) is 30.7 Å². The average Bonchev–Trinajstić information content (AvgIpc) is 2.47. The van der Waals surface area contributed by atoms with Crippen LogP contribution in [0.15, 0.2) is 24.3 Å². The van der Waals surface area contributed by atoms with Crippen molar-refractivity contribution in [1.29, 1.82) is 0 Å². The molecule has 0 aliphatic rings. The Labute approximate surface area is 118 Å². The summed E-state index contributed by atoms with van der Waals surface area (Å²) in [5.74, 6) is -0.783. The minimum atomic E-state index is -0.526. The number of amides is 2. The summed E-state index contributed by atoms with van der Waals surface area (Å²) in [5, 5.41) is 2.83. The Bertz CT molecular complexity index is 455. The number of nitrogens with one attached hydrogen (secondary N) is 1. The van der Waals surface area contributed by atoms with Crippen LogP contribution >= 0.6 is 0 Å². The molecule has 110 valence electrons. The van der Waals surface area contributed by atoms with E-state index in [9.17, 15) is 9.59 Å². The SMILES string of the molecule is CCC(NC(=O)c1ccc(C(N)=O)cc1)C(OC)OC. The molecule has 2 amide bonds. The van der Waals surface area contributed by atoms with Crippen molar-refractivity contribution in [2.24, 2.45) is 5.73 Å². The van der Waals surface area contributed by atoms with Crippen LogP contribution in [-0.4, -0.2) is 38.4 Å². The van der Waals surface area contributed by atoms with Crippen molar-refractivity contribution in [2.45, 2.75) is 25.7 Å². The van der Waals surface area contributed by atoms with Crippen molar-refractivity contribution in [2.75, 3.05) is 14.2 Å². The van der Waals surface area contributed by atoms with Gasteiger partial charge in [0.1, 0.15) is 0 Å². The number of benzene rings is 1. The van der Waals surface area contributed by atoms with Crippen molar-refractivity contribution >= 4 is 11.8 Å². The molecule has 0 aromatic heterocycles. The first-order valence-corrected chi connectivity index (χ1v) is 6.29. The highest BCUT2D eigenvalue weighted by Gasteiger charge is 2.21. The van der Waals surface area contributed by atoms with E-state index in [1.165, 1.54) is 26.4 Å². The third-order valence-corrected chi connectivity index (χ3v) is 2.98. The lowest BCUT2D eigenvalue weighted by Gasteiger charge is -2.24. The van der Waals surface area contributed by atoms with E-state index >= 15 is 0 Å². The van der Waals surface area contributed by atoms with Crippen LogP contribution in [0.4, 0.5) is 0 Å². The molecule has 6 nitrogen and oxygen atoms in total. The summed E-state index contributed by atoms with van der Waals surface area (Å²) in [5.41, 5.74) is 5.95. The zero-order valence-corrected chi connectivity index (χ0v) is 11.9. The number of carbonyl (C=O) groups is 2. The third kappa shape index (κ3) is 4.04. The summed E-state index contributed by atoms with van der Waals surface area (Å²) in [6, 6.07) is 5.88. The van der Waals surface area contributed by atoms with Gasteiger partial charge in [-0.25, -0.2) is 0 Å². The van der Waals surface area contributed by atoms with Gasteiger partial charge >= 0.3 is 0 Å². The lowest BCUT2D eigenvalue weighted by Crippen LogP contribution is -2.44. The standard InChI is InChI=1S/C14H20N2O4/c1-4-11(14(19-2)20-3)16-13(18)10-7-5-9(6-8-10)12(15)17/h5-8,11,14H,4H2,1-3H3,(H2,15,17)(H,16,18). The average molecular weight is 280 g/mol. The smallest absolute Gasteiger partial charge is 0.251 e. The zero-order chi connectivity index (χ0) is 15.1. The predicted molar refractivity (Wildman–Crippen MR) is 74.3 cm³/mol. The molecule has 0 fully saturated rings. The molecule has 0 spiro atoms. The molecule has 0 bridgehead atoms. The summed E-state index contributed by atoms with van der Waals surface area (Å²) in [4.78, 5) is 23.1. The van der Waals surface area contributed by atoms with Gasteiger partial charge in [0.15, 0.2) is 6.29 Å². The number of nitrogens with two attached hydrogens (primary N) is 1. The molecule has 0 aliphatic carbocycles. The fourth-order valence-electron chi connectivity index (χ4n) is 1.82. The molecule has 0 radical (unpaired) electrons. The molecule has 0 aliphatic heterocycles. The van der Waals surface area contributed by atoms with Gasteiger partial charge in [0.2, 0.25) is 5.91 Å². The van der Waals surface area contributed by atoms with E-state index in [0.717, 1.165) is 0 Å². The minimum absolute atomic E-state index is 0.256. The first-order chi connectivity index (χ1) is 9.53. The topological polar surface area (TPSA) is 90.7 Å². The van der Waals surface area contributed by atoms with E-state index in [2.05, 4.69) is 5.32 Å². The highest BCUT2D eigenvalue weighted by Crippen LogP contribution is 2.08. The molecule has 1 atom stereocenters. The molecule has 0 saturated heterocycles. The van der Waals surface area contributed by atoms with Crippen LogP contribution in [0.1, 0.15) is 34.1 Å². The number of carbonyl (C=O) groups excluding carboxylic acids is 2. The lowest BCUT2D eigenvalue weighted by atomic mass is 10.1. The Morgan fingerprint density at radius 2 is 1.65 bits per heavy atom. The predicted octanol–water partition coefficient (Wildman–Crippen LogP) is 0.913. The second-order valence-electron chi connectivity index (χ2n) is 4.27. The number of primary amides is 1. The van der Waals surface area contributed by atoms with Crippen molar-refractivity contribution in [3.05, 3.63) is 35.4 Å². The molecule has 0 heterocycles. The maximum atomic E-state index is 12.1. The molecular weight excluding hydrogens is 260 g/mol. The number of hydrogen-bond acceptors (Lipinski definition) is 4. The fourth-order valence-corrected chi connectivity index (χ4v) is 1.82. The number of methoxy groups -OCH3 is 2. The maximum absolute atomic E-state index is 12.1. The highest BCUT2D eigenvalue weighted by molar-refractivity contribution is 5.97. The van der Waals surface area contributed by atoms with Crippen molar-refractivity contribution in [3.8, 4) is 0 Å². The van der Waals surface area contributed by atoms with Gasteiger partial charge in [-0.1, -0.05) is 6.92 Å². The Balaban J connectivity index is 2.76. The van der Waals surface area contributed by atoms with E-state index in [0.29, 0.717) is 17.5 Å². The van der Waals surface area contributed by atoms with Gasteiger partial charge < -0.3 is 20.5 Å². The monoisotopic (exact) mass is 280 g/mol. The first kappa shape index (κ1) is 16.1. The fraction of sp³-hybridized carbons (Fsp3) is 0.429.